The summed E-state index contributed by atoms with van der Waals surface area (Å²) in [4.78, 5) is 24.7. The Morgan fingerprint density at radius 2 is 0.968 bits per heavy atom. The lowest BCUT2D eigenvalue weighted by atomic mass is 10.0. The zero-order valence-electron chi connectivity index (χ0n) is 21.4. The molecule has 0 aliphatic carbocycles. The molecule has 0 radical (unpaired) electrons. The first kappa shape index (κ1) is 30.1. The molecule has 4 nitrogen and oxygen atoms in total. The van der Waals surface area contributed by atoms with Gasteiger partial charge in [-0.2, -0.15) is 0 Å². The summed E-state index contributed by atoms with van der Waals surface area (Å²) >= 11 is 0. The van der Waals surface area contributed by atoms with Gasteiger partial charge in [0.25, 0.3) is 0 Å². The van der Waals surface area contributed by atoms with Gasteiger partial charge < -0.3 is 4.74 Å². The zero-order valence-corrected chi connectivity index (χ0v) is 21.4. The number of hydrogen-bond donors (Lipinski definition) is 1. The highest BCUT2D eigenvalue weighted by molar-refractivity contribution is 5.88. The molecule has 184 valence electrons. The van der Waals surface area contributed by atoms with E-state index in [-0.39, 0.29) is 11.8 Å². The molecule has 0 aliphatic heterocycles. The molecule has 1 atom stereocenters. The Hall–Kier alpha value is -0.900. The van der Waals surface area contributed by atoms with E-state index in [2.05, 4.69) is 19.2 Å². The molecule has 0 rings (SSSR count). The highest BCUT2D eigenvalue weighted by Crippen LogP contribution is 2.17. The highest BCUT2D eigenvalue weighted by Gasteiger charge is 2.34. The lowest BCUT2D eigenvalue weighted by molar-refractivity contribution is -0.169. The summed E-state index contributed by atoms with van der Waals surface area (Å²) in [7, 11) is 1.69. The fourth-order valence-electron chi connectivity index (χ4n) is 3.94. The van der Waals surface area contributed by atoms with Crippen LogP contribution in [0.15, 0.2) is 0 Å². The molecule has 0 heterocycles. The largest absolute Gasteiger partial charge is 0.437 e. The van der Waals surface area contributed by atoms with Crippen LogP contribution >= 0.6 is 0 Å². The number of rotatable bonds is 23. The van der Waals surface area contributed by atoms with Crippen molar-refractivity contribution in [1.82, 2.24) is 5.32 Å². The fourth-order valence-corrected chi connectivity index (χ4v) is 3.94. The second-order valence-corrected chi connectivity index (χ2v) is 9.34. The molecule has 31 heavy (non-hydrogen) atoms. The summed E-state index contributed by atoms with van der Waals surface area (Å²) in [5, 5.41) is 2.92. The van der Waals surface area contributed by atoms with E-state index in [4.69, 9.17) is 4.74 Å². The first-order valence-corrected chi connectivity index (χ1v) is 13.4. The minimum absolute atomic E-state index is 0.0230. The molecular formula is C27H53NO3. The summed E-state index contributed by atoms with van der Waals surface area (Å²) in [5.41, 5.74) is -1.18. The highest BCUT2D eigenvalue weighted by atomic mass is 16.6. The van der Waals surface area contributed by atoms with Gasteiger partial charge in [0.15, 0.2) is 5.78 Å². The first-order valence-electron chi connectivity index (χ1n) is 13.4. The van der Waals surface area contributed by atoms with E-state index in [0.717, 1.165) is 25.7 Å². The van der Waals surface area contributed by atoms with Gasteiger partial charge in [-0.3, -0.25) is 14.9 Å². The van der Waals surface area contributed by atoms with Crippen LogP contribution in [0.25, 0.3) is 0 Å². The Labute approximate surface area is 193 Å². The number of hydrogen-bond acceptors (Lipinski definition) is 4. The monoisotopic (exact) mass is 439 g/mol. The maximum absolute atomic E-state index is 12.5. The number of esters is 1. The Kier molecular flexibility index (Phi) is 20.4. The lowest BCUT2D eigenvalue weighted by Gasteiger charge is -2.27. The minimum atomic E-state index is -1.18. The Morgan fingerprint density at radius 1 is 0.613 bits per heavy atom. The van der Waals surface area contributed by atoms with Crippen LogP contribution in [0, 0.1) is 0 Å². The van der Waals surface area contributed by atoms with Crippen LogP contribution in [-0.2, 0) is 14.3 Å². The van der Waals surface area contributed by atoms with Crippen molar-refractivity contribution in [2.45, 2.75) is 155 Å². The van der Waals surface area contributed by atoms with Crippen molar-refractivity contribution in [1.29, 1.82) is 0 Å². The van der Waals surface area contributed by atoms with E-state index >= 15 is 0 Å². The van der Waals surface area contributed by atoms with Crippen LogP contribution < -0.4 is 5.32 Å². The van der Waals surface area contributed by atoms with E-state index in [9.17, 15) is 9.59 Å². The number of unbranched alkanes of at least 4 members (excludes halogenated alkanes) is 16. The molecule has 1 unspecified atom stereocenters. The van der Waals surface area contributed by atoms with Gasteiger partial charge in [-0.25, -0.2) is 0 Å². The maximum Gasteiger partial charge on any atom is 0.307 e. The molecule has 4 heteroatoms. The standard InChI is InChI=1S/C27H53NO3/c1-5-7-9-11-12-13-14-15-16-17-18-20-22-24-26(30)31-27(3,28-4)25(29)23-21-19-10-8-6-2/h28H,5-24H2,1-4H3. The van der Waals surface area contributed by atoms with Crippen LogP contribution in [0.1, 0.15) is 149 Å². The van der Waals surface area contributed by atoms with Crippen LogP contribution in [0.3, 0.4) is 0 Å². The van der Waals surface area contributed by atoms with Gasteiger partial charge in [0.1, 0.15) is 0 Å². The Balaban J connectivity index is 3.73. The molecule has 0 aliphatic rings. The molecule has 0 bridgehead atoms. The van der Waals surface area contributed by atoms with Crippen molar-refractivity contribution in [3.8, 4) is 0 Å². The zero-order chi connectivity index (χ0) is 23.2. The van der Waals surface area contributed by atoms with Crippen molar-refractivity contribution < 1.29 is 14.3 Å². The fraction of sp³-hybridized carbons (Fsp3) is 0.926. The second kappa shape index (κ2) is 21.0. The SMILES string of the molecule is CCCCCCCCCCCCCCCC(=O)OC(C)(NC)C(=O)CCCCCCC. The maximum atomic E-state index is 12.5. The third-order valence-electron chi connectivity index (χ3n) is 6.32. The van der Waals surface area contributed by atoms with Gasteiger partial charge in [0, 0.05) is 12.8 Å². The molecule has 0 amide bonds. The van der Waals surface area contributed by atoms with Crippen LogP contribution in [0.5, 0.6) is 0 Å². The minimum Gasteiger partial charge on any atom is -0.437 e. The van der Waals surface area contributed by atoms with Gasteiger partial charge in [-0.15, -0.1) is 0 Å². The topological polar surface area (TPSA) is 55.4 Å². The molecule has 0 saturated carbocycles. The van der Waals surface area contributed by atoms with Crippen molar-refractivity contribution in [3.63, 3.8) is 0 Å². The number of ketones is 1. The number of carbonyl (C=O) groups is 2. The van der Waals surface area contributed by atoms with Crippen molar-refractivity contribution in [2.24, 2.45) is 0 Å². The van der Waals surface area contributed by atoms with Crippen LogP contribution in [0.4, 0.5) is 0 Å². The van der Waals surface area contributed by atoms with E-state index in [0.29, 0.717) is 12.8 Å². The second-order valence-electron chi connectivity index (χ2n) is 9.34. The van der Waals surface area contributed by atoms with E-state index < -0.39 is 5.72 Å². The van der Waals surface area contributed by atoms with Crippen LogP contribution in [0.2, 0.25) is 0 Å². The predicted molar refractivity (Wildman–Crippen MR) is 132 cm³/mol. The summed E-state index contributed by atoms with van der Waals surface area (Å²) in [6, 6.07) is 0. The summed E-state index contributed by atoms with van der Waals surface area (Å²) in [6.07, 6.45) is 23.0. The summed E-state index contributed by atoms with van der Waals surface area (Å²) < 4.78 is 5.53. The molecule has 1 N–H and O–H groups in total. The van der Waals surface area contributed by atoms with E-state index in [1.54, 1.807) is 14.0 Å². The quantitative estimate of drug-likeness (QED) is 0.0999. The molecule has 0 saturated heterocycles. The van der Waals surface area contributed by atoms with Crippen LogP contribution in [-0.4, -0.2) is 24.5 Å². The lowest BCUT2D eigenvalue weighted by Crippen LogP contribution is -2.51. The van der Waals surface area contributed by atoms with Crippen molar-refractivity contribution in [2.75, 3.05) is 7.05 Å². The number of ether oxygens (including phenoxy) is 1. The van der Waals surface area contributed by atoms with Gasteiger partial charge in [0.2, 0.25) is 5.72 Å². The Bertz CT molecular complexity index is 438. The molecular weight excluding hydrogens is 386 g/mol. The molecule has 0 fully saturated rings. The van der Waals surface area contributed by atoms with Crippen molar-refractivity contribution in [3.05, 3.63) is 0 Å². The smallest absolute Gasteiger partial charge is 0.307 e. The summed E-state index contributed by atoms with van der Waals surface area (Å²) in [6.45, 7) is 6.13. The van der Waals surface area contributed by atoms with Gasteiger partial charge in [-0.1, -0.05) is 117 Å². The first-order chi connectivity index (χ1) is 15.0. The third-order valence-corrected chi connectivity index (χ3v) is 6.32. The van der Waals surface area contributed by atoms with Gasteiger partial charge in [-0.05, 0) is 26.8 Å². The normalized spacial score (nSPS) is 13.2. The van der Waals surface area contributed by atoms with E-state index in [1.165, 1.54) is 89.9 Å². The van der Waals surface area contributed by atoms with E-state index in [1.807, 2.05) is 0 Å². The third kappa shape index (κ3) is 17.3. The molecule has 0 aromatic rings. The van der Waals surface area contributed by atoms with Crippen molar-refractivity contribution >= 4 is 11.8 Å². The number of nitrogens with one attached hydrogen (secondary N) is 1. The molecule has 0 aromatic carbocycles. The average Bonchev–Trinajstić information content (AvgIpc) is 2.76. The average molecular weight is 440 g/mol. The molecule has 0 spiro atoms. The van der Waals surface area contributed by atoms with Gasteiger partial charge in [0.05, 0.1) is 0 Å². The molecule has 0 aromatic heterocycles. The van der Waals surface area contributed by atoms with Gasteiger partial charge >= 0.3 is 5.97 Å². The number of Topliss-reactive ketones (excluding diaryl/α,β-unsaturated/α-hetero) is 1. The summed E-state index contributed by atoms with van der Waals surface area (Å²) in [5.74, 6) is -0.288. The number of likely N-dealkylation sites (N-methyl/N-ethyl adjacent to an activating group) is 1. The number of carbonyl (C=O) groups excluding carboxylic acids is 2. The Morgan fingerprint density at radius 3 is 1.35 bits per heavy atom. The predicted octanol–water partition coefficient (Wildman–Crippen LogP) is 7.88.